The number of benzene rings is 1. The van der Waals surface area contributed by atoms with Crippen molar-refractivity contribution in [3.05, 3.63) is 41.6 Å². The van der Waals surface area contributed by atoms with Crippen molar-refractivity contribution >= 4 is 16.0 Å². The van der Waals surface area contributed by atoms with Crippen molar-refractivity contribution in [2.24, 2.45) is 0 Å². The van der Waals surface area contributed by atoms with Crippen LogP contribution in [0.1, 0.15) is 11.3 Å². The van der Waals surface area contributed by atoms with E-state index in [2.05, 4.69) is 14.7 Å². The molecule has 0 unspecified atom stereocenters. The van der Waals surface area contributed by atoms with Gasteiger partial charge in [0.1, 0.15) is 0 Å². The normalized spacial score (nSPS) is 10.6. The first kappa shape index (κ1) is 18.5. The zero-order valence-corrected chi connectivity index (χ0v) is 16.4. The van der Waals surface area contributed by atoms with Crippen LogP contribution in [-0.4, -0.2) is 25.5 Å². The molecule has 8 heteroatoms. The zero-order valence-electron chi connectivity index (χ0n) is 12.4. The van der Waals surface area contributed by atoms with Gasteiger partial charge in [-0.25, -0.2) is 18.1 Å². The average Bonchev–Trinajstić information content (AvgIpc) is 2.37. The third-order valence-electron chi connectivity index (χ3n) is 2.60. The summed E-state index contributed by atoms with van der Waals surface area (Å²) < 4.78 is 31.7. The fourth-order valence-corrected chi connectivity index (χ4v) is 2.53. The zero-order chi connectivity index (χ0) is 14.8. The number of anilines is 1. The van der Waals surface area contributed by atoms with Crippen LogP contribution in [0, 0.1) is 13.8 Å². The molecule has 0 amide bonds. The number of nitrogens with one attached hydrogen (secondary N) is 1. The number of nitrogens with zero attached hydrogens (tertiary/aromatic N) is 2. The van der Waals surface area contributed by atoms with Gasteiger partial charge in [-0.2, -0.15) is 4.98 Å². The fourth-order valence-electron chi connectivity index (χ4n) is 1.59. The number of aryl methyl sites for hydroxylation is 2. The number of rotatable bonds is 4. The molecule has 1 aromatic heterocycles. The maximum Gasteiger partial charge on any atom is 1.00 e. The Morgan fingerprint density at radius 2 is 1.71 bits per heavy atom. The summed E-state index contributed by atoms with van der Waals surface area (Å²) in [5.41, 5.74) is 1.59. The molecule has 0 saturated heterocycles. The van der Waals surface area contributed by atoms with E-state index in [1.54, 1.807) is 25.1 Å². The van der Waals surface area contributed by atoms with E-state index in [0.29, 0.717) is 11.6 Å². The first-order chi connectivity index (χ1) is 9.40. The van der Waals surface area contributed by atoms with Gasteiger partial charge < -0.3 is 4.74 Å². The quantitative estimate of drug-likeness (QED) is 0.720. The average molecular weight is 332 g/mol. The number of aromatic nitrogens is 2. The van der Waals surface area contributed by atoms with Crippen LogP contribution in [0.5, 0.6) is 5.88 Å². The van der Waals surface area contributed by atoms with E-state index in [4.69, 9.17) is 4.74 Å². The molecule has 0 aliphatic heterocycles. The molecule has 0 saturated carbocycles. The summed E-state index contributed by atoms with van der Waals surface area (Å²) in [6, 6.07) is 8.14. The number of hydrogen-bond acceptors (Lipinski definition) is 5. The Balaban J connectivity index is 0.00000220. The van der Waals surface area contributed by atoms with Crippen molar-refractivity contribution in [1.82, 2.24) is 9.97 Å². The van der Waals surface area contributed by atoms with Gasteiger partial charge in [-0.3, -0.25) is 0 Å². The molecule has 0 bridgehead atoms. The molecule has 0 fully saturated rings. The molecule has 1 heterocycles. The molecule has 0 spiro atoms. The van der Waals surface area contributed by atoms with Crippen LogP contribution in [0.2, 0.25) is 0 Å². The second kappa shape index (κ2) is 7.66. The first-order valence-electron chi connectivity index (χ1n) is 5.90. The Labute approximate surface area is 166 Å². The molecule has 0 aliphatic rings. The molecule has 106 valence electrons. The van der Waals surface area contributed by atoms with Gasteiger partial charge in [-0.1, -0.05) is 17.7 Å². The number of hydrogen-bond donors (Lipinski definition) is 1. The van der Waals surface area contributed by atoms with Gasteiger partial charge in [0.15, 0.2) is 0 Å². The van der Waals surface area contributed by atoms with E-state index in [0.717, 1.165) is 5.56 Å². The monoisotopic (exact) mass is 332 g/mol. The Hall–Kier alpha value is -0.514. The van der Waals surface area contributed by atoms with Gasteiger partial charge in [0.2, 0.25) is 11.8 Å². The first-order valence-corrected chi connectivity index (χ1v) is 7.38. The van der Waals surface area contributed by atoms with E-state index < -0.39 is 10.0 Å². The smallest absolute Gasteiger partial charge is 0.481 e. The van der Waals surface area contributed by atoms with E-state index in [-0.39, 0.29) is 62.2 Å². The third-order valence-corrected chi connectivity index (χ3v) is 3.94. The standard InChI is InChI=1S/C13H15N3O3S.K/c1-9-4-6-11(7-5-9)20(17,18)16-13-14-10(2)8-12(15-13)19-3;/h4-8H,1-3H3,(H,14,15,16);/q;+1. The number of sulfonamides is 1. The Morgan fingerprint density at radius 3 is 2.29 bits per heavy atom. The fraction of sp³-hybridized carbons (Fsp3) is 0.231. The van der Waals surface area contributed by atoms with Gasteiger partial charge in [-0.15, -0.1) is 0 Å². The maximum absolute atomic E-state index is 12.2. The summed E-state index contributed by atoms with van der Waals surface area (Å²) in [7, 11) is -2.24. The summed E-state index contributed by atoms with van der Waals surface area (Å²) in [6.45, 7) is 3.62. The van der Waals surface area contributed by atoms with Gasteiger partial charge >= 0.3 is 51.4 Å². The molecule has 0 atom stereocenters. The van der Waals surface area contributed by atoms with Gasteiger partial charge in [0.25, 0.3) is 10.0 Å². The van der Waals surface area contributed by atoms with Gasteiger partial charge in [0.05, 0.1) is 12.0 Å². The molecule has 0 radical (unpaired) electrons. The predicted octanol–water partition coefficient (Wildman–Crippen LogP) is -1.09. The van der Waals surface area contributed by atoms with Crippen molar-refractivity contribution in [3.8, 4) is 5.88 Å². The SMILES string of the molecule is COc1cc(C)nc(NS(=O)(=O)c2ccc(C)cc2)n1.[K+]. The van der Waals surface area contributed by atoms with Gasteiger partial charge in [0, 0.05) is 11.8 Å². The van der Waals surface area contributed by atoms with Crippen LogP contribution in [-0.2, 0) is 10.0 Å². The molecular formula is C13H15KN3O3S+. The summed E-state index contributed by atoms with van der Waals surface area (Å²) in [4.78, 5) is 8.14. The van der Waals surface area contributed by atoms with Crippen molar-refractivity contribution in [3.63, 3.8) is 0 Å². The van der Waals surface area contributed by atoms with Crippen molar-refractivity contribution in [2.45, 2.75) is 18.7 Å². The summed E-state index contributed by atoms with van der Waals surface area (Å²) in [5, 5.41) is 0. The number of methoxy groups -OCH3 is 1. The topological polar surface area (TPSA) is 81.2 Å². The van der Waals surface area contributed by atoms with E-state index in [1.165, 1.54) is 19.2 Å². The van der Waals surface area contributed by atoms with Crippen molar-refractivity contribution in [1.29, 1.82) is 0 Å². The molecule has 1 N–H and O–H groups in total. The molecule has 2 rings (SSSR count). The third kappa shape index (κ3) is 5.01. The molecule has 21 heavy (non-hydrogen) atoms. The Bertz CT molecular complexity index is 718. The van der Waals surface area contributed by atoms with E-state index >= 15 is 0 Å². The minimum absolute atomic E-state index is 0. The van der Waals surface area contributed by atoms with Gasteiger partial charge in [-0.05, 0) is 26.0 Å². The summed E-state index contributed by atoms with van der Waals surface area (Å²) >= 11 is 0. The van der Waals surface area contributed by atoms with Crippen molar-refractivity contribution < 1.29 is 64.5 Å². The molecule has 6 nitrogen and oxygen atoms in total. The van der Waals surface area contributed by atoms with Crippen LogP contribution in [0.3, 0.4) is 0 Å². The largest absolute Gasteiger partial charge is 1.00 e. The predicted molar refractivity (Wildman–Crippen MR) is 75.3 cm³/mol. The van der Waals surface area contributed by atoms with Crippen molar-refractivity contribution in [2.75, 3.05) is 11.8 Å². The van der Waals surface area contributed by atoms with Crippen LogP contribution in [0.4, 0.5) is 5.95 Å². The number of ether oxygens (including phenoxy) is 1. The summed E-state index contributed by atoms with van der Waals surface area (Å²) in [6.07, 6.45) is 0. The molecular weight excluding hydrogens is 317 g/mol. The molecule has 0 aliphatic carbocycles. The second-order valence-electron chi connectivity index (χ2n) is 4.29. The minimum atomic E-state index is -3.70. The van der Waals surface area contributed by atoms with Crippen LogP contribution < -0.4 is 60.8 Å². The van der Waals surface area contributed by atoms with E-state index in [1.807, 2.05) is 6.92 Å². The minimum Gasteiger partial charge on any atom is -0.481 e. The maximum atomic E-state index is 12.2. The Kier molecular flexibility index (Phi) is 6.76. The van der Waals surface area contributed by atoms with Crippen LogP contribution >= 0.6 is 0 Å². The van der Waals surface area contributed by atoms with Crippen LogP contribution in [0.15, 0.2) is 35.2 Å². The van der Waals surface area contributed by atoms with Crippen LogP contribution in [0.25, 0.3) is 0 Å². The summed E-state index contributed by atoms with van der Waals surface area (Å²) in [5.74, 6) is 0.293. The Morgan fingerprint density at radius 1 is 1.10 bits per heavy atom. The van der Waals surface area contributed by atoms with E-state index in [9.17, 15) is 8.42 Å². The molecule has 2 aromatic rings. The molecule has 1 aromatic carbocycles. The second-order valence-corrected chi connectivity index (χ2v) is 5.98.